The fourth-order valence-electron chi connectivity index (χ4n) is 3.89. The van der Waals surface area contributed by atoms with E-state index in [4.69, 9.17) is 14.6 Å². The molecule has 4 rings (SSSR count). The van der Waals surface area contributed by atoms with Crippen molar-refractivity contribution < 1.29 is 28.9 Å². The van der Waals surface area contributed by atoms with Gasteiger partial charge in [-0.25, -0.2) is 4.39 Å². The van der Waals surface area contributed by atoms with Crippen LogP contribution in [-0.4, -0.2) is 41.5 Å². The van der Waals surface area contributed by atoms with Crippen LogP contribution in [-0.2, 0) is 10.2 Å². The lowest BCUT2D eigenvalue weighted by Crippen LogP contribution is -2.32. The van der Waals surface area contributed by atoms with Gasteiger partial charge in [-0.3, -0.25) is 4.79 Å². The van der Waals surface area contributed by atoms with Crippen molar-refractivity contribution >= 4 is 5.78 Å². The molecule has 1 aliphatic heterocycles. The van der Waals surface area contributed by atoms with E-state index in [-0.39, 0.29) is 12.4 Å². The maximum Gasteiger partial charge on any atom is 0.193 e. The number of carbonyl (C=O) groups excluding carboxylic acids is 1. The minimum Gasteiger partial charge on any atom is -0.491 e. The summed E-state index contributed by atoms with van der Waals surface area (Å²) in [6, 6.07) is 5.05. The van der Waals surface area contributed by atoms with E-state index in [1.165, 1.54) is 6.08 Å². The normalized spacial score (nSPS) is 26.0. The number of allylic oxidation sites excluding steroid dienone is 5. The highest BCUT2D eigenvalue weighted by Crippen LogP contribution is 2.52. The number of aliphatic hydroxyl groups excluding tert-OH is 2. The summed E-state index contributed by atoms with van der Waals surface area (Å²) in [7, 11) is 0. The van der Waals surface area contributed by atoms with Crippen LogP contribution in [0.4, 0.5) is 4.39 Å². The molecule has 1 aromatic rings. The first-order valence-corrected chi connectivity index (χ1v) is 8.90. The second-order valence-corrected chi connectivity index (χ2v) is 7.53. The van der Waals surface area contributed by atoms with Gasteiger partial charge in [0.15, 0.2) is 5.78 Å². The van der Waals surface area contributed by atoms with E-state index in [1.54, 1.807) is 30.4 Å². The summed E-state index contributed by atoms with van der Waals surface area (Å²) in [6.07, 6.45) is 2.48. The molecule has 0 bridgehead atoms. The first-order valence-electron chi connectivity index (χ1n) is 8.90. The molecule has 6 heteroatoms. The molecule has 0 saturated carbocycles. The Morgan fingerprint density at radius 2 is 2.15 bits per heavy atom. The smallest absolute Gasteiger partial charge is 0.193 e. The predicted molar refractivity (Wildman–Crippen MR) is 96.1 cm³/mol. The molecule has 5 nitrogen and oxygen atoms in total. The Hall–Kier alpha value is -2.44. The molecule has 0 fully saturated rings. The number of ketones is 1. The van der Waals surface area contributed by atoms with Crippen LogP contribution in [0, 0.1) is 5.92 Å². The number of halogens is 1. The number of rotatable bonds is 4. The molecule has 2 aliphatic carbocycles. The summed E-state index contributed by atoms with van der Waals surface area (Å²) >= 11 is 0. The molecular weight excluding hydrogens is 351 g/mol. The maximum atomic E-state index is 14.5. The minimum atomic E-state index is -1.29. The topological polar surface area (TPSA) is 76.0 Å². The summed E-state index contributed by atoms with van der Waals surface area (Å²) in [6.45, 7) is 3.41. The third-order valence-electron chi connectivity index (χ3n) is 5.33. The summed E-state index contributed by atoms with van der Waals surface area (Å²) in [5.74, 6) is 0.501. The minimum absolute atomic E-state index is 0.0573. The number of aliphatic hydroxyl groups is 2. The van der Waals surface area contributed by atoms with Crippen LogP contribution in [0.1, 0.15) is 29.8 Å². The van der Waals surface area contributed by atoms with E-state index in [9.17, 15) is 14.3 Å². The zero-order chi connectivity index (χ0) is 19.3. The number of ether oxygens (including phenoxy) is 2. The Labute approximate surface area is 156 Å². The summed E-state index contributed by atoms with van der Waals surface area (Å²) in [5.41, 5.74) is 0.969. The quantitative estimate of drug-likeness (QED) is 0.850. The van der Waals surface area contributed by atoms with Crippen molar-refractivity contribution in [1.82, 2.24) is 0 Å². The van der Waals surface area contributed by atoms with Gasteiger partial charge in [0.05, 0.1) is 18.1 Å². The molecule has 2 N–H and O–H groups in total. The van der Waals surface area contributed by atoms with Gasteiger partial charge >= 0.3 is 0 Å². The van der Waals surface area contributed by atoms with Gasteiger partial charge in [-0.1, -0.05) is 6.08 Å². The van der Waals surface area contributed by atoms with E-state index in [0.717, 1.165) is 5.56 Å². The van der Waals surface area contributed by atoms with Crippen LogP contribution in [0.25, 0.3) is 0 Å². The first kappa shape index (κ1) is 17.9. The Bertz CT molecular complexity index is 896. The molecule has 0 radical (unpaired) electrons. The predicted octanol–water partition coefficient (Wildman–Crippen LogP) is 2.58. The van der Waals surface area contributed by atoms with Crippen LogP contribution in [0.2, 0.25) is 0 Å². The van der Waals surface area contributed by atoms with Gasteiger partial charge in [0.25, 0.3) is 0 Å². The van der Waals surface area contributed by atoms with Gasteiger partial charge in [0, 0.05) is 11.0 Å². The number of benzene rings is 1. The number of hydrogen-bond donors (Lipinski definition) is 2. The molecule has 142 valence electrons. The van der Waals surface area contributed by atoms with Crippen LogP contribution in [0.5, 0.6) is 5.75 Å². The van der Waals surface area contributed by atoms with E-state index in [0.29, 0.717) is 28.4 Å². The van der Waals surface area contributed by atoms with Gasteiger partial charge < -0.3 is 19.7 Å². The van der Waals surface area contributed by atoms with Gasteiger partial charge in [0.1, 0.15) is 36.2 Å². The second kappa shape index (κ2) is 6.32. The zero-order valence-electron chi connectivity index (χ0n) is 15.1. The molecule has 0 amide bonds. The average Bonchev–Trinajstić information content (AvgIpc) is 3.06. The van der Waals surface area contributed by atoms with Crippen LogP contribution >= 0.6 is 0 Å². The lowest BCUT2D eigenvalue weighted by atomic mass is 9.70. The largest absolute Gasteiger partial charge is 0.491 e. The lowest BCUT2D eigenvalue weighted by Gasteiger charge is -2.33. The van der Waals surface area contributed by atoms with Crippen molar-refractivity contribution in [2.45, 2.75) is 31.5 Å². The molecule has 27 heavy (non-hydrogen) atoms. The SMILES string of the molecule is CC1(C)C2=C(C(=O)c3ccc(OC[C@H](O)CO)cc31)C1C(=CC=CC1F)O2. The molecular formula is C21H21FO5. The van der Waals surface area contributed by atoms with Crippen LogP contribution in [0.15, 0.2) is 53.5 Å². The molecule has 3 aliphatic rings. The van der Waals surface area contributed by atoms with Crippen molar-refractivity contribution in [2.24, 2.45) is 5.92 Å². The summed E-state index contributed by atoms with van der Waals surface area (Å²) in [4.78, 5) is 13.1. The van der Waals surface area contributed by atoms with Crippen molar-refractivity contribution in [2.75, 3.05) is 13.2 Å². The third kappa shape index (κ3) is 2.71. The standard InChI is InChI=1S/C21H21FO5/c1-21(2)14-8-12(26-10-11(24)9-23)6-7-13(14)19(25)18-17-15(22)4-3-5-16(17)27-20(18)21/h3-8,11,15,17,23-24H,9-10H2,1-2H3/t11-,15?,17?/m1/s1. The molecule has 1 heterocycles. The molecule has 0 aromatic heterocycles. The molecule has 0 saturated heterocycles. The number of alkyl halides is 1. The Morgan fingerprint density at radius 3 is 2.89 bits per heavy atom. The van der Waals surface area contributed by atoms with E-state index in [2.05, 4.69) is 0 Å². The number of hydrogen-bond acceptors (Lipinski definition) is 5. The highest BCUT2D eigenvalue weighted by Gasteiger charge is 2.51. The Morgan fingerprint density at radius 1 is 1.37 bits per heavy atom. The summed E-state index contributed by atoms with van der Waals surface area (Å²) in [5, 5.41) is 18.4. The molecule has 2 unspecified atom stereocenters. The second-order valence-electron chi connectivity index (χ2n) is 7.53. The summed E-state index contributed by atoms with van der Waals surface area (Å²) < 4.78 is 26.0. The molecule has 3 atom stereocenters. The van der Waals surface area contributed by atoms with Gasteiger partial charge in [0.2, 0.25) is 0 Å². The zero-order valence-corrected chi connectivity index (χ0v) is 15.1. The lowest BCUT2D eigenvalue weighted by molar-refractivity contribution is 0.0535. The number of fused-ring (bicyclic) bond motifs is 3. The third-order valence-corrected chi connectivity index (χ3v) is 5.33. The average molecular weight is 372 g/mol. The Kier molecular flexibility index (Phi) is 4.20. The van der Waals surface area contributed by atoms with Crippen molar-refractivity contribution in [1.29, 1.82) is 0 Å². The highest BCUT2D eigenvalue weighted by atomic mass is 19.1. The van der Waals surface area contributed by atoms with Gasteiger partial charge in [-0.05, 0) is 49.8 Å². The fraction of sp³-hybridized carbons (Fsp3) is 0.381. The van der Waals surface area contributed by atoms with Crippen molar-refractivity contribution in [3.05, 3.63) is 64.6 Å². The van der Waals surface area contributed by atoms with Crippen molar-refractivity contribution in [3.63, 3.8) is 0 Å². The first-order chi connectivity index (χ1) is 12.8. The van der Waals surface area contributed by atoms with Gasteiger partial charge in [-0.2, -0.15) is 0 Å². The van der Waals surface area contributed by atoms with Gasteiger partial charge in [-0.15, -0.1) is 0 Å². The number of carbonyl (C=O) groups is 1. The van der Waals surface area contributed by atoms with E-state index >= 15 is 0 Å². The van der Waals surface area contributed by atoms with E-state index in [1.807, 2.05) is 13.8 Å². The van der Waals surface area contributed by atoms with Crippen LogP contribution in [0.3, 0.4) is 0 Å². The molecule has 1 aromatic carbocycles. The highest BCUT2D eigenvalue weighted by molar-refractivity contribution is 6.13. The fourth-order valence-corrected chi connectivity index (χ4v) is 3.89. The van der Waals surface area contributed by atoms with Crippen LogP contribution < -0.4 is 4.74 Å². The maximum absolute atomic E-state index is 14.5. The van der Waals surface area contributed by atoms with E-state index < -0.39 is 30.2 Å². The van der Waals surface area contributed by atoms with Crippen molar-refractivity contribution in [3.8, 4) is 5.75 Å². The molecule has 0 spiro atoms. The monoisotopic (exact) mass is 372 g/mol. The number of Topliss-reactive ketones (excluding diaryl/α,β-unsaturated/α-hetero) is 1. The Balaban J connectivity index is 1.74.